The number of aliphatic hydroxyl groups excluding tert-OH is 4. The largest absolute Gasteiger partial charge is 0.462 e. The van der Waals surface area contributed by atoms with Crippen LogP contribution in [0.5, 0.6) is 0 Å². The van der Waals surface area contributed by atoms with Crippen LogP contribution in [-0.2, 0) is 38.1 Å². The number of aryl methyl sites for hydroxylation is 1. The Labute approximate surface area is 513 Å². The molecule has 0 saturated carbocycles. The Morgan fingerprint density at radius 3 is 1.35 bits per heavy atom. The summed E-state index contributed by atoms with van der Waals surface area (Å²) in [5, 5.41) is 44.1. The van der Waals surface area contributed by atoms with E-state index in [1.54, 1.807) is 25.1 Å². The molecule has 0 aromatic heterocycles. The highest BCUT2D eigenvalue weighted by atomic mass is 16.6. The third-order valence-electron chi connectivity index (χ3n) is 14.9. The molecule has 1 aromatic rings. The molecule has 6 N–H and O–H groups in total. The van der Waals surface area contributed by atoms with Crippen LogP contribution in [0, 0.1) is 6.92 Å². The van der Waals surface area contributed by atoms with Crippen LogP contribution in [0.15, 0.2) is 54.7 Å². The van der Waals surface area contributed by atoms with Gasteiger partial charge in [0.2, 0.25) is 0 Å². The number of allylic oxidation sites excluding steroid dienone is 3. The Balaban J connectivity index is 2.54. The lowest BCUT2D eigenvalue weighted by Crippen LogP contribution is -2.30. The van der Waals surface area contributed by atoms with Crippen molar-refractivity contribution in [3.05, 3.63) is 60.2 Å². The maximum absolute atomic E-state index is 13.0. The summed E-state index contributed by atoms with van der Waals surface area (Å²) < 4.78 is 27.7. The van der Waals surface area contributed by atoms with Gasteiger partial charge >= 0.3 is 30.1 Å². The Kier molecular flexibility index (Phi) is 51.4. The highest BCUT2D eigenvalue weighted by molar-refractivity contribution is 5.89. The normalized spacial score (nSPS) is 13.4. The number of hydrogen-bond donors (Lipinski definition) is 6. The van der Waals surface area contributed by atoms with Crippen molar-refractivity contribution in [3.8, 4) is 0 Å². The quantitative estimate of drug-likeness (QED) is 0.0154. The first-order valence-electron chi connectivity index (χ1n) is 33.4. The first-order chi connectivity index (χ1) is 41.3. The predicted octanol–water partition coefficient (Wildman–Crippen LogP) is 16.5. The van der Waals surface area contributed by atoms with Crippen LogP contribution in [0.2, 0.25) is 0 Å². The van der Waals surface area contributed by atoms with E-state index in [1.165, 1.54) is 38.5 Å². The zero-order chi connectivity index (χ0) is 62.2. The molecule has 5 atom stereocenters. The molecule has 2 amide bonds. The fourth-order valence-corrected chi connectivity index (χ4v) is 9.55. The molecular formula is C69H118N2O14. The van der Waals surface area contributed by atoms with E-state index in [2.05, 4.69) is 67.9 Å². The SMILES string of the molecule is CCCCCCC(O)C/C=C\CCCCCCCC(=O)OCC(COC(=O)CCCCCCC/C=C\CC(CCCCCC)OC(=O)Nc1ccc(C)c(NC(=O)OCC(O)CO)c1)OC(=O)CCCCCCC/C=C\CC(O)CCCCCC. The van der Waals surface area contributed by atoms with Gasteiger partial charge in [0.1, 0.15) is 32.0 Å². The molecule has 0 fully saturated rings. The first kappa shape index (κ1) is 78.2. The van der Waals surface area contributed by atoms with Crippen molar-refractivity contribution in [2.24, 2.45) is 0 Å². The van der Waals surface area contributed by atoms with Crippen LogP contribution >= 0.6 is 0 Å². The molecule has 0 aliphatic rings. The number of unbranched alkanes of at least 4 members (excludes halogenated alkanes) is 24. The molecule has 0 saturated heterocycles. The monoisotopic (exact) mass is 1200 g/mol. The van der Waals surface area contributed by atoms with Crippen molar-refractivity contribution in [2.45, 2.75) is 309 Å². The maximum Gasteiger partial charge on any atom is 0.411 e. The van der Waals surface area contributed by atoms with Crippen LogP contribution in [-0.4, -0.2) is 107 Å². The lowest BCUT2D eigenvalue weighted by molar-refractivity contribution is -0.167. The number of anilines is 2. The maximum atomic E-state index is 13.0. The van der Waals surface area contributed by atoms with Crippen molar-refractivity contribution >= 4 is 41.5 Å². The van der Waals surface area contributed by atoms with Crippen molar-refractivity contribution in [2.75, 3.05) is 37.1 Å². The fraction of sp³-hybridized carbons (Fsp3) is 0.754. The van der Waals surface area contributed by atoms with E-state index in [1.807, 2.05) is 0 Å². The van der Waals surface area contributed by atoms with Crippen molar-refractivity contribution in [1.82, 2.24) is 0 Å². The van der Waals surface area contributed by atoms with Gasteiger partial charge < -0.3 is 44.1 Å². The zero-order valence-corrected chi connectivity index (χ0v) is 53.4. The van der Waals surface area contributed by atoms with Crippen molar-refractivity contribution in [3.63, 3.8) is 0 Å². The molecule has 1 aromatic carbocycles. The van der Waals surface area contributed by atoms with Gasteiger partial charge in [-0.2, -0.15) is 0 Å². The number of benzene rings is 1. The molecule has 0 heterocycles. The summed E-state index contributed by atoms with van der Waals surface area (Å²) in [6.45, 7) is 7.07. The molecule has 488 valence electrons. The fourth-order valence-electron chi connectivity index (χ4n) is 9.55. The van der Waals surface area contributed by atoms with Gasteiger partial charge in [-0.3, -0.25) is 25.0 Å². The van der Waals surface area contributed by atoms with Gasteiger partial charge in [-0.1, -0.05) is 192 Å². The molecular weight excluding hydrogens is 1080 g/mol. The van der Waals surface area contributed by atoms with Gasteiger partial charge in [-0.15, -0.1) is 0 Å². The number of rotatable bonds is 56. The van der Waals surface area contributed by atoms with E-state index in [0.717, 1.165) is 160 Å². The Morgan fingerprint density at radius 1 is 0.435 bits per heavy atom. The van der Waals surface area contributed by atoms with Crippen molar-refractivity contribution in [1.29, 1.82) is 0 Å². The molecule has 5 unspecified atom stereocenters. The molecule has 0 radical (unpaired) electrons. The summed E-state index contributed by atoms with van der Waals surface area (Å²) in [6.07, 6.45) is 43.9. The minimum Gasteiger partial charge on any atom is -0.462 e. The molecule has 0 aliphatic heterocycles. The average Bonchev–Trinajstić information content (AvgIpc) is 3.63. The minimum atomic E-state index is -1.18. The Morgan fingerprint density at radius 2 is 0.871 bits per heavy atom. The summed E-state index contributed by atoms with van der Waals surface area (Å²) in [7, 11) is 0. The van der Waals surface area contributed by atoms with E-state index < -0.39 is 37.0 Å². The number of hydrogen-bond acceptors (Lipinski definition) is 14. The second kappa shape index (κ2) is 55.8. The van der Waals surface area contributed by atoms with E-state index in [4.69, 9.17) is 28.8 Å². The number of carbonyl (C=O) groups is 5. The van der Waals surface area contributed by atoms with E-state index in [0.29, 0.717) is 49.9 Å². The Bertz CT molecular complexity index is 1920. The van der Waals surface area contributed by atoms with Crippen LogP contribution in [0.25, 0.3) is 0 Å². The second-order valence-electron chi connectivity index (χ2n) is 23.1. The summed E-state index contributed by atoms with van der Waals surface area (Å²) in [6, 6.07) is 5.04. The van der Waals surface area contributed by atoms with Crippen LogP contribution in [0.3, 0.4) is 0 Å². The number of esters is 3. The topological polar surface area (TPSA) is 236 Å². The molecule has 0 aliphatic carbocycles. The van der Waals surface area contributed by atoms with Crippen molar-refractivity contribution < 1.29 is 68.1 Å². The molecule has 0 spiro atoms. The highest BCUT2D eigenvalue weighted by Gasteiger charge is 2.20. The molecule has 16 nitrogen and oxygen atoms in total. The smallest absolute Gasteiger partial charge is 0.411 e. The third kappa shape index (κ3) is 49.0. The standard InChI is InChI=1S/C69H118N2O14/c1-5-8-11-32-41-59(73)43-34-26-20-14-17-23-29-38-47-65(76)81-55-63(84-67(78)49-40-31-25-18-15-21-27-35-44-60(74)42-33-12-9-6-2)56-82-66(77)48-39-30-24-19-16-22-28-37-46-62(45-36-13-10-7-3)85-69(80)70-58-51-50-57(4)64(52-58)71-68(79)83-54-61(75)53-72/h26-28,34-35,37,50-52,59-63,72-75H,5-25,29-33,36,38-49,53-56H2,1-4H3,(H,70,80)(H,71,79)/b34-26-,35-27-,37-28-. The predicted molar refractivity (Wildman–Crippen MR) is 341 cm³/mol. The molecule has 16 heteroatoms. The van der Waals surface area contributed by atoms with E-state index in [9.17, 15) is 39.3 Å². The van der Waals surface area contributed by atoms with Crippen LogP contribution in [0.4, 0.5) is 21.0 Å². The second-order valence-corrected chi connectivity index (χ2v) is 23.1. The lowest BCUT2D eigenvalue weighted by Gasteiger charge is -2.18. The van der Waals surface area contributed by atoms with Crippen LogP contribution < -0.4 is 10.6 Å². The Hall–Kier alpha value is -4.77. The minimum absolute atomic E-state index is 0.172. The molecule has 85 heavy (non-hydrogen) atoms. The number of carbonyl (C=O) groups excluding carboxylic acids is 5. The number of aliphatic hydroxyl groups is 4. The van der Waals surface area contributed by atoms with Crippen LogP contribution in [0.1, 0.15) is 277 Å². The number of amides is 2. The lowest BCUT2D eigenvalue weighted by atomic mass is 10.1. The van der Waals surface area contributed by atoms with E-state index >= 15 is 0 Å². The van der Waals surface area contributed by atoms with Gasteiger partial charge in [-0.05, 0) is 121 Å². The highest BCUT2D eigenvalue weighted by Crippen LogP contribution is 2.23. The van der Waals surface area contributed by atoms with Gasteiger partial charge in [-0.25, -0.2) is 9.59 Å². The summed E-state index contributed by atoms with van der Waals surface area (Å²) in [4.78, 5) is 63.8. The summed E-state index contributed by atoms with van der Waals surface area (Å²) >= 11 is 0. The molecule has 1 rings (SSSR count). The summed E-state index contributed by atoms with van der Waals surface area (Å²) in [5.41, 5.74) is 1.57. The third-order valence-corrected chi connectivity index (χ3v) is 14.9. The zero-order valence-electron chi connectivity index (χ0n) is 53.4. The number of nitrogens with one attached hydrogen (secondary N) is 2. The van der Waals surface area contributed by atoms with E-state index in [-0.39, 0.29) is 69.3 Å². The first-order valence-corrected chi connectivity index (χ1v) is 33.4. The van der Waals surface area contributed by atoms with Gasteiger partial charge in [0, 0.05) is 37.1 Å². The average molecular weight is 1200 g/mol. The molecule has 0 bridgehead atoms. The van der Waals surface area contributed by atoms with Gasteiger partial charge in [0.05, 0.1) is 18.8 Å². The summed E-state index contributed by atoms with van der Waals surface area (Å²) in [5.74, 6) is -1.15. The van der Waals surface area contributed by atoms with Gasteiger partial charge in [0.15, 0.2) is 6.10 Å². The number of ether oxygens (including phenoxy) is 5. The van der Waals surface area contributed by atoms with Gasteiger partial charge in [0.25, 0.3) is 0 Å².